The first-order chi connectivity index (χ1) is 9.79. The Morgan fingerprint density at radius 3 is 2.52 bits per heavy atom. The Labute approximate surface area is 121 Å². The molecule has 7 heteroatoms. The van der Waals surface area contributed by atoms with Gasteiger partial charge in [-0.05, 0) is 42.8 Å². The van der Waals surface area contributed by atoms with Crippen LogP contribution in [-0.2, 0) is 10.0 Å². The van der Waals surface area contributed by atoms with Crippen LogP contribution in [-0.4, -0.2) is 8.42 Å². The van der Waals surface area contributed by atoms with Crippen LogP contribution < -0.4 is 10.5 Å². The maximum absolute atomic E-state index is 13.6. The van der Waals surface area contributed by atoms with E-state index >= 15 is 0 Å². The number of hydrogen-bond acceptors (Lipinski definition) is 3. The Morgan fingerprint density at radius 2 is 1.86 bits per heavy atom. The van der Waals surface area contributed by atoms with Gasteiger partial charge in [-0.25, -0.2) is 21.9 Å². The molecule has 0 aliphatic carbocycles. The number of anilines is 1. The summed E-state index contributed by atoms with van der Waals surface area (Å²) < 4.78 is 53.2. The second-order valence-corrected chi connectivity index (χ2v) is 6.27. The van der Waals surface area contributed by atoms with Gasteiger partial charge in [0, 0.05) is 11.7 Å². The summed E-state index contributed by atoms with van der Waals surface area (Å²) in [6.45, 7) is 1.59. The molecule has 112 valence electrons. The fourth-order valence-corrected chi connectivity index (χ4v) is 3.20. The number of nitrogens with one attached hydrogen (secondary N) is 1. The maximum atomic E-state index is 13.6. The van der Waals surface area contributed by atoms with Crippen molar-refractivity contribution in [1.29, 1.82) is 0 Å². The molecule has 0 spiro atoms. The van der Waals surface area contributed by atoms with Crippen molar-refractivity contribution in [3.8, 4) is 0 Å². The van der Waals surface area contributed by atoms with Crippen molar-refractivity contribution in [1.82, 2.24) is 4.72 Å². The standard InChI is InChI=1S/C14H14F2N2O2S/c1-9(10-3-2-4-12(17)7-10)18-21(19,20)14-8-11(15)5-6-13(14)16/h2-9,18H,17H2,1H3. The van der Waals surface area contributed by atoms with Crippen LogP contribution in [0.2, 0.25) is 0 Å². The summed E-state index contributed by atoms with van der Waals surface area (Å²) in [4.78, 5) is -0.724. The van der Waals surface area contributed by atoms with E-state index in [1.165, 1.54) is 0 Å². The third kappa shape index (κ3) is 3.56. The highest BCUT2D eigenvalue weighted by Crippen LogP contribution is 2.21. The van der Waals surface area contributed by atoms with Gasteiger partial charge in [-0.2, -0.15) is 0 Å². The van der Waals surface area contributed by atoms with Gasteiger partial charge in [0.2, 0.25) is 10.0 Å². The van der Waals surface area contributed by atoms with Crippen molar-refractivity contribution in [2.45, 2.75) is 17.9 Å². The largest absolute Gasteiger partial charge is 0.399 e. The van der Waals surface area contributed by atoms with Crippen LogP contribution in [0.3, 0.4) is 0 Å². The van der Waals surface area contributed by atoms with Crippen molar-refractivity contribution in [3.05, 3.63) is 59.7 Å². The predicted octanol–water partition coefficient (Wildman–Crippen LogP) is 2.59. The smallest absolute Gasteiger partial charge is 0.244 e. The van der Waals surface area contributed by atoms with Crippen LogP contribution in [0.25, 0.3) is 0 Å². The van der Waals surface area contributed by atoms with Gasteiger partial charge in [0.15, 0.2) is 0 Å². The van der Waals surface area contributed by atoms with Crippen LogP contribution in [0, 0.1) is 11.6 Å². The summed E-state index contributed by atoms with van der Waals surface area (Å²) in [7, 11) is -4.18. The molecule has 2 aromatic rings. The molecule has 1 unspecified atom stereocenters. The summed E-state index contributed by atoms with van der Waals surface area (Å²) in [6, 6.07) is 8.27. The van der Waals surface area contributed by atoms with E-state index in [2.05, 4.69) is 4.72 Å². The molecule has 0 saturated heterocycles. The zero-order valence-electron chi connectivity index (χ0n) is 11.2. The molecule has 3 N–H and O–H groups in total. The molecule has 0 bridgehead atoms. The van der Waals surface area contributed by atoms with Gasteiger partial charge in [-0.1, -0.05) is 12.1 Å². The Balaban J connectivity index is 2.31. The third-order valence-corrected chi connectivity index (χ3v) is 4.48. The Kier molecular flexibility index (Phi) is 4.24. The lowest BCUT2D eigenvalue weighted by Gasteiger charge is -2.15. The molecule has 4 nitrogen and oxygen atoms in total. The first-order valence-corrected chi connectivity index (χ1v) is 7.61. The summed E-state index contributed by atoms with van der Waals surface area (Å²) in [5.74, 6) is -1.84. The molecule has 0 saturated carbocycles. The average molecular weight is 312 g/mol. The SMILES string of the molecule is CC(NS(=O)(=O)c1cc(F)ccc1F)c1cccc(N)c1. The second-order valence-electron chi connectivity index (χ2n) is 4.59. The zero-order valence-corrected chi connectivity index (χ0v) is 12.0. The molecule has 0 radical (unpaired) electrons. The van der Waals surface area contributed by atoms with E-state index in [4.69, 9.17) is 5.73 Å². The molecule has 2 aromatic carbocycles. The van der Waals surface area contributed by atoms with Gasteiger partial charge < -0.3 is 5.73 Å². The highest BCUT2D eigenvalue weighted by molar-refractivity contribution is 7.89. The van der Waals surface area contributed by atoms with Crippen molar-refractivity contribution < 1.29 is 17.2 Å². The van der Waals surface area contributed by atoms with E-state index in [1.807, 2.05) is 0 Å². The topological polar surface area (TPSA) is 72.2 Å². The van der Waals surface area contributed by atoms with E-state index in [0.29, 0.717) is 17.3 Å². The molecule has 0 aliphatic heterocycles. The molecule has 21 heavy (non-hydrogen) atoms. The molecular formula is C14H14F2N2O2S. The Bertz CT molecular complexity index is 763. The molecule has 0 fully saturated rings. The normalized spacial score (nSPS) is 13.1. The minimum Gasteiger partial charge on any atom is -0.399 e. The van der Waals surface area contributed by atoms with Crippen LogP contribution in [0.5, 0.6) is 0 Å². The fourth-order valence-electron chi connectivity index (χ4n) is 1.88. The van der Waals surface area contributed by atoms with Crippen molar-refractivity contribution in [2.24, 2.45) is 0 Å². The zero-order chi connectivity index (χ0) is 15.6. The first-order valence-electron chi connectivity index (χ1n) is 6.12. The molecule has 1 atom stereocenters. The average Bonchev–Trinajstić information content (AvgIpc) is 2.41. The number of hydrogen-bond donors (Lipinski definition) is 2. The summed E-state index contributed by atoms with van der Waals surface area (Å²) in [5.41, 5.74) is 6.73. The number of nitrogens with two attached hydrogens (primary N) is 1. The van der Waals surface area contributed by atoms with Crippen molar-refractivity contribution >= 4 is 15.7 Å². The number of nitrogen functional groups attached to an aromatic ring is 1. The summed E-state index contributed by atoms with van der Waals surface area (Å²) >= 11 is 0. The van der Waals surface area contributed by atoms with Crippen LogP contribution in [0.4, 0.5) is 14.5 Å². The minimum atomic E-state index is -4.18. The van der Waals surface area contributed by atoms with E-state index in [9.17, 15) is 17.2 Å². The maximum Gasteiger partial charge on any atom is 0.244 e. The lowest BCUT2D eigenvalue weighted by Crippen LogP contribution is -2.27. The van der Waals surface area contributed by atoms with Crippen molar-refractivity contribution in [2.75, 3.05) is 5.73 Å². The van der Waals surface area contributed by atoms with Crippen molar-refractivity contribution in [3.63, 3.8) is 0 Å². The quantitative estimate of drug-likeness (QED) is 0.852. The van der Waals surface area contributed by atoms with Crippen LogP contribution >= 0.6 is 0 Å². The van der Waals surface area contributed by atoms with E-state index in [-0.39, 0.29) is 0 Å². The number of benzene rings is 2. The first kappa shape index (κ1) is 15.4. The lowest BCUT2D eigenvalue weighted by molar-refractivity contribution is 0.538. The van der Waals surface area contributed by atoms with E-state index < -0.39 is 32.6 Å². The molecule has 0 amide bonds. The fraction of sp³-hybridized carbons (Fsp3) is 0.143. The Hall–Kier alpha value is -1.99. The van der Waals surface area contributed by atoms with Crippen LogP contribution in [0.15, 0.2) is 47.4 Å². The minimum absolute atomic E-state index is 0.482. The Morgan fingerprint density at radius 1 is 1.14 bits per heavy atom. The third-order valence-electron chi connectivity index (χ3n) is 2.93. The van der Waals surface area contributed by atoms with Gasteiger partial charge in [0.25, 0.3) is 0 Å². The summed E-state index contributed by atoms with van der Waals surface area (Å²) in [6.07, 6.45) is 0. The lowest BCUT2D eigenvalue weighted by atomic mass is 10.1. The van der Waals surface area contributed by atoms with E-state index in [0.717, 1.165) is 12.1 Å². The van der Waals surface area contributed by atoms with E-state index in [1.54, 1.807) is 31.2 Å². The number of rotatable bonds is 4. The number of halogens is 2. The van der Waals surface area contributed by atoms with Gasteiger partial charge >= 0.3 is 0 Å². The van der Waals surface area contributed by atoms with Gasteiger partial charge in [-0.15, -0.1) is 0 Å². The van der Waals surface area contributed by atoms with Gasteiger partial charge in [0.05, 0.1) is 0 Å². The molecule has 0 heterocycles. The van der Waals surface area contributed by atoms with Gasteiger partial charge in [-0.3, -0.25) is 0 Å². The second kappa shape index (κ2) is 5.79. The highest BCUT2D eigenvalue weighted by Gasteiger charge is 2.22. The van der Waals surface area contributed by atoms with Crippen LogP contribution in [0.1, 0.15) is 18.5 Å². The highest BCUT2D eigenvalue weighted by atomic mass is 32.2. The summed E-state index contributed by atoms with van der Waals surface area (Å²) in [5, 5.41) is 0. The number of sulfonamides is 1. The molecule has 2 rings (SSSR count). The van der Waals surface area contributed by atoms with Gasteiger partial charge in [0.1, 0.15) is 16.5 Å². The molecule has 0 aromatic heterocycles. The monoisotopic (exact) mass is 312 g/mol. The predicted molar refractivity (Wildman–Crippen MR) is 75.9 cm³/mol. The molecule has 0 aliphatic rings. The molecular weight excluding hydrogens is 298 g/mol.